The summed E-state index contributed by atoms with van der Waals surface area (Å²) in [6.45, 7) is 4.87. The number of anilines is 1. The normalized spacial score (nSPS) is 9.59. The Bertz CT molecular complexity index is 486. The first-order chi connectivity index (χ1) is 7.99. The van der Waals surface area contributed by atoms with Gasteiger partial charge in [-0.3, -0.25) is 4.79 Å². The number of nitrogens with zero attached hydrogens (tertiary/aromatic N) is 1. The maximum absolute atomic E-state index is 11.4. The molecule has 1 rings (SSSR count). The molecule has 0 spiro atoms. The number of ether oxygens (including phenoxy) is 1. The summed E-state index contributed by atoms with van der Waals surface area (Å²) in [4.78, 5) is 26.4. The zero-order valence-corrected chi connectivity index (χ0v) is 10.2. The molecule has 1 aromatic heterocycles. The van der Waals surface area contributed by atoms with Crippen LogP contribution in [-0.2, 0) is 9.53 Å². The van der Waals surface area contributed by atoms with Gasteiger partial charge in [0.2, 0.25) is 5.91 Å². The van der Waals surface area contributed by atoms with Crippen LogP contribution in [0, 0.1) is 0 Å². The molecule has 1 N–H and O–H groups in total. The molecule has 0 radical (unpaired) electrons. The van der Waals surface area contributed by atoms with Crippen LogP contribution >= 0.6 is 11.6 Å². The van der Waals surface area contributed by atoms with Crippen molar-refractivity contribution in [1.29, 1.82) is 0 Å². The van der Waals surface area contributed by atoms with Crippen LogP contribution in [-0.4, -0.2) is 24.0 Å². The number of methoxy groups -OCH3 is 1. The number of aromatic nitrogens is 1. The van der Waals surface area contributed by atoms with Gasteiger partial charge in [-0.1, -0.05) is 18.2 Å². The molecular formula is C11H11ClN2O3. The highest BCUT2D eigenvalue weighted by Gasteiger charge is 2.17. The van der Waals surface area contributed by atoms with Crippen molar-refractivity contribution in [2.24, 2.45) is 0 Å². The maximum atomic E-state index is 11.4. The van der Waals surface area contributed by atoms with Crippen molar-refractivity contribution in [2.45, 2.75) is 6.92 Å². The van der Waals surface area contributed by atoms with E-state index < -0.39 is 5.97 Å². The van der Waals surface area contributed by atoms with Gasteiger partial charge in [0.1, 0.15) is 0 Å². The van der Waals surface area contributed by atoms with Gasteiger partial charge in [0, 0.05) is 6.92 Å². The molecule has 1 heterocycles. The minimum Gasteiger partial charge on any atom is -0.464 e. The zero-order valence-electron chi connectivity index (χ0n) is 9.41. The monoisotopic (exact) mass is 254 g/mol. The lowest BCUT2D eigenvalue weighted by molar-refractivity contribution is -0.114. The summed E-state index contributed by atoms with van der Waals surface area (Å²) in [6, 6.07) is 1.52. The quantitative estimate of drug-likeness (QED) is 0.839. The molecule has 0 aliphatic heterocycles. The minimum absolute atomic E-state index is 0.0395. The SMILES string of the molecule is C=Cc1cc(NC(C)=O)c(Cl)c(C(=O)OC)n1. The summed E-state index contributed by atoms with van der Waals surface area (Å²) < 4.78 is 4.54. The van der Waals surface area contributed by atoms with Crippen LogP contribution in [0.5, 0.6) is 0 Å². The first kappa shape index (κ1) is 13.2. The van der Waals surface area contributed by atoms with Gasteiger partial charge in [0.05, 0.1) is 23.5 Å². The third-order valence-corrected chi connectivity index (χ3v) is 2.26. The van der Waals surface area contributed by atoms with Gasteiger partial charge < -0.3 is 10.1 Å². The fraction of sp³-hybridized carbons (Fsp3) is 0.182. The predicted molar refractivity (Wildman–Crippen MR) is 65.0 cm³/mol. The van der Waals surface area contributed by atoms with Gasteiger partial charge >= 0.3 is 5.97 Å². The van der Waals surface area contributed by atoms with Crippen molar-refractivity contribution in [3.05, 3.63) is 29.1 Å². The zero-order chi connectivity index (χ0) is 13.0. The van der Waals surface area contributed by atoms with Gasteiger partial charge in [-0.25, -0.2) is 9.78 Å². The van der Waals surface area contributed by atoms with Gasteiger partial charge in [0.25, 0.3) is 0 Å². The smallest absolute Gasteiger partial charge is 0.358 e. The van der Waals surface area contributed by atoms with Crippen molar-refractivity contribution in [3.63, 3.8) is 0 Å². The van der Waals surface area contributed by atoms with E-state index in [0.717, 1.165) is 0 Å². The number of hydrogen-bond acceptors (Lipinski definition) is 4. The first-order valence-electron chi connectivity index (χ1n) is 4.68. The van der Waals surface area contributed by atoms with Crippen LogP contribution in [0.25, 0.3) is 6.08 Å². The van der Waals surface area contributed by atoms with Crippen molar-refractivity contribution >= 4 is 35.2 Å². The molecule has 5 nitrogen and oxygen atoms in total. The Kier molecular flexibility index (Phi) is 4.23. The van der Waals surface area contributed by atoms with E-state index in [1.54, 1.807) is 0 Å². The van der Waals surface area contributed by atoms with E-state index in [4.69, 9.17) is 11.6 Å². The summed E-state index contributed by atoms with van der Waals surface area (Å²) in [7, 11) is 1.22. The van der Waals surface area contributed by atoms with E-state index in [2.05, 4.69) is 21.6 Å². The van der Waals surface area contributed by atoms with Crippen LogP contribution < -0.4 is 5.32 Å². The lowest BCUT2D eigenvalue weighted by Crippen LogP contribution is -2.11. The Labute approximate surface area is 103 Å². The molecule has 6 heteroatoms. The summed E-state index contributed by atoms with van der Waals surface area (Å²) in [5.41, 5.74) is 0.651. The van der Waals surface area contributed by atoms with Crippen LogP contribution in [0.3, 0.4) is 0 Å². The van der Waals surface area contributed by atoms with Gasteiger partial charge in [-0.15, -0.1) is 0 Å². The van der Waals surface area contributed by atoms with Crippen molar-refractivity contribution in [2.75, 3.05) is 12.4 Å². The molecule has 0 bridgehead atoms. The molecular weight excluding hydrogens is 244 g/mol. The Morgan fingerprint density at radius 3 is 2.71 bits per heavy atom. The molecule has 0 saturated carbocycles. The lowest BCUT2D eigenvalue weighted by atomic mass is 10.2. The topological polar surface area (TPSA) is 68.3 Å². The van der Waals surface area contributed by atoms with Crippen molar-refractivity contribution < 1.29 is 14.3 Å². The average molecular weight is 255 g/mol. The Morgan fingerprint density at radius 2 is 2.24 bits per heavy atom. The standard InChI is InChI=1S/C11H11ClN2O3/c1-4-7-5-8(13-6(2)15)9(12)10(14-7)11(16)17-3/h4-5H,1H2,2-3H3,(H,13,14,15). The molecule has 1 amide bonds. The van der Waals surface area contributed by atoms with E-state index in [-0.39, 0.29) is 16.6 Å². The number of carbonyl (C=O) groups is 2. The summed E-state index contributed by atoms with van der Waals surface area (Å²) in [6.07, 6.45) is 1.44. The highest BCUT2D eigenvalue weighted by atomic mass is 35.5. The van der Waals surface area contributed by atoms with E-state index in [1.807, 2.05) is 0 Å². The summed E-state index contributed by atoms with van der Waals surface area (Å²) in [5.74, 6) is -0.978. The van der Waals surface area contributed by atoms with E-state index in [0.29, 0.717) is 11.4 Å². The fourth-order valence-electron chi connectivity index (χ4n) is 1.17. The molecule has 90 valence electrons. The van der Waals surface area contributed by atoms with Crippen LogP contribution in [0.4, 0.5) is 5.69 Å². The number of halogens is 1. The highest BCUT2D eigenvalue weighted by molar-refractivity contribution is 6.36. The second-order valence-electron chi connectivity index (χ2n) is 3.13. The molecule has 0 saturated heterocycles. The first-order valence-corrected chi connectivity index (χ1v) is 5.06. The number of esters is 1. The largest absolute Gasteiger partial charge is 0.464 e. The summed E-state index contributed by atoms with van der Waals surface area (Å²) in [5, 5.41) is 2.54. The number of pyridine rings is 1. The Hall–Kier alpha value is -1.88. The van der Waals surface area contributed by atoms with E-state index in [1.165, 1.54) is 26.2 Å². The average Bonchev–Trinajstić information content (AvgIpc) is 2.30. The molecule has 0 atom stereocenters. The number of nitrogens with one attached hydrogen (secondary N) is 1. The van der Waals surface area contributed by atoms with Crippen LogP contribution in [0.15, 0.2) is 12.6 Å². The highest BCUT2D eigenvalue weighted by Crippen LogP contribution is 2.26. The number of hydrogen-bond donors (Lipinski definition) is 1. The summed E-state index contributed by atoms with van der Waals surface area (Å²) >= 11 is 5.94. The van der Waals surface area contributed by atoms with Crippen molar-refractivity contribution in [1.82, 2.24) is 4.98 Å². The second-order valence-corrected chi connectivity index (χ2v) is 3.51. The fourth-order valence-corrected chi connectivity index (χ4v) is 1.39. The number of carbonyl (C=O) groups excluding carboxylic acids is 2. The van der Waals surface area contributed by atoms with E-state index in [9.17, 15) is 9.59 Å². The minimum atomic E-state index is -0.676. The number of amides is 1. The molecule has 0 aromatic carbocycles. The van der Waals surface area contributed by atoms with Gasteiger partial charge in [0.15, 0.2) is 5.69 Å². The Morgan fingerprint density at radius 1 is 1.59 bits per heavy atom. The third kappa shape index (κ3) is 3.04. The molecule has 0 unspecified atom stereocenters. The molecule has 17 heavy (non-hydrogen) atoms. The van der Waals surface area contributed by atoms with Crippen LogP contribution in [0.2, 0.25) is 5.02 Å². The molecule has 0 fully saturated rings. The molecule has 1 aromatic rings. The molecule has 0 aliphatic rings. The van der Waals surface area contributed by atoms with Crippen LogP contribution in [0.1, 0.15) is 23.1 Å². The molecule has 0 aliphatic carbocycles. The van der Waals surface area contributed by atoms with Crippen molar-refractivity contribution in [3.8, 4) is 0 Å². The van der Waals surface area contributed by atoms with Gasteiger partial charge in [-0.2, -0.15) is 0 Å². The third-order valence-electron chi connectivity index (χ3n) is 1.88. The lowest BCUT2D eigenvalue weighted by Gasteiger charge is -2.09. The maximum Gasteiger partial charge on any atom is 0.358 e. The predicted octanol–water partition coefficient (Wildman–Crippen LogP) is 2.12. The Balaban J connectivity index is 3.35. The van der Waals surface area contributed by atoms with E-state index >= 15 is 0 Å². The van der Waals surface area contributed by atoms with Gasteiger partial charge in [-0.05, 0) is 12.1 Å². The second kappa shape index (κ2) is 5.45. The number of rotatable bonds is 3.